The topological polar surface area (TPSA) is 44.9 Å². The van der Waals surface area contributed by atoms with Crippen molar-refractivity contribution in [3.05, 3.63) is 0 Å². The van der Waals surface area contributed by atoms with Crippen molar-refractivity contribution < 1.29 is 9.57 Å². The minimum atomic E-state index is 0.103. The van der Waals surface area contributed by atoms with Crippen molar-refractivity contribution in [1.82, 2.24) is 5.32 Å². The predicted molar refractivity (Wildman–Crippen MR) is 39.6 cm³/mol. The van der Waals surface area contributed by atoms with E-state index in [0.717, 1.165) is 31.8 Å². The van der Waals surface area contributed by atoms with Crippen molar-refractivity contribution in [3.63, 3.8) is 0 Å². The number of hydrogen-bond donors (Lipinski definition) is 0. The summed E-state index contributed by atoms with van der Waals surface area (Å²) in [5.41, 5.74) is 1.02. The molecule has 0 aliphatic carbocycles. The first kappa shape index (κ1) is 7.06. The van der Waals surface area contributed by atoms with Crippen LogP contribution in [0.1, 0.15) is 6.42 Å². The summed E-state index contributed by atoms with van der Waals surface area (Å²) in [7, 11) is 0. The molecule has 1 radical (unpaired) electrons. The van der Waals surface area contributed by atoms with Crippen LogP contribution < -0.4 is 5.32 Å². The van der Waals surface area contributed by atoms with Crippen LogP contribution in [0.4, 0.5) is 0 Å². The molecule has 1 atom stereocenters. The lowest BCUT2D eigenvalue weighted by Gasteiger charge is -2.21. The number of rotatable bonds is 1. The Bertz CT molecular complexity index is 164. The fourth-order valence-electron chi connectivity index (χ4n) is 1.27. The molecule has 4 nitrogen and oxygen atoms in total. The minimum Gasteiger partial charge on any atom is -0.395 e. The molecule has 2 heterocycles. The molecule has 0 bridgehead atoms. The number of hydrogen-bond acceptors (Lipinski definition) is 3. The third kappa shape index (κ3) is 1.52. The SMILES string of the molecule is C1COC(C2=NOCC2)C[N]1. The Hall–Kier alpha value is -0.610. The number of oxime groups is 1. The zero-order chi connectivity index (χ0) is 7.52. The maximum absolute atomic E-state index is 5.46. The zero-order valence-corrected chi connectivity index (χ0v) is 6.32. The summed E-state index contributed by atoms with van der Waals surface area (Å²) in [5, 5.41) is 8.13. The first-order chi connectivity index (χ1) is 5.47. The van der Waals surface area contributed by atoms with Gasteiger partial charge < -0.3 is 9.57 Å². The Labute approximate surface area is 65.5 Å². The average molecular weight is 155 g/mol. The first-order valence-electron chi connectivity index (χ1n) is 3.90. The number of morpholine rings is 1. The van der Waals surface area contributed by atoms with Gasteiger partial charge >= 0.3 is 0 Å². The van der Waals surface area contributed by atoms with E-state index >= 15 is 0 Å². The van der Waals surface area contributed by atoms with Gasteiger partial charge in [-0.3, -0.25) is 0 Å². The van der Waals surface area contributed by atoms with Crippen LogP contribution in [-0.4, -0.2) is 38.1 Å². The van der Waals surface area contributed by atoms with E-state index in [-0.39, 0.29) is 6.10 Å². The predicted octanol–water partition coefficient (Wildman–Crippen LogP) is -0.234. The summed E-state index contributed by atoms with van der Waals surface area (Å²) in [6, 6.07) is 0. The van der Waals surface area contributed by atoms with Crippen LogP contribution >= 0.6 is 0 Å². The maximum atomic E-state index is 5.46. The van der Waals surface area contributed by atoms with E-state index in [1.54, 1.807) is 0 Å². The van der Waals surface area contributed by atoms with Crippen LogP contribution in [0.25, 0.3) is 0 Å². The molecular weight excluding hydrogens is 144 g/mol. The molecule has 1 saturated heterocycles. The molecule has 1 unspecified atom stereocenters. The highest BCUT2D eigenvalue weighted by Crippen LogP contribution is 2.08. The average Bonchev–Trinajstić information content (AvgIpc) is 2.58. The van der Waals surface area contributed by atoms with Gasteiger partial charge in [0.25, 0.3) is 0 Å². The summed E-state index contributed by atoms with van der Waals surface area (Å²) >= 11 is 0. The van der Waals surface area contributed by atoms with Gasteiger partial charge in [0, 0.05) is 19.5 Å². The fraction of sp³-hybridized carbons (Fsp3) is 0.857. The summed E-state index contributed by atoms with van der Waals surface area (Å²) in [6.07, 6.45) is 1.01. The molecule has 2 aliphatic rings. The van der Waals surface area contributed by atoms with Crippen LogP contribution in [-0.2, 0) is 9.57 Å². The normalized spacial score (nSPS) is 31.3. The van der Waals surface area contributed by atoms with Gasteiger partial charge in [-0.1, -0.05) is 5.16 Å². The third-order valence-electron chi connectivity index (χ3n) is 1.87. The lowest BCUT2D eigenvalue weighted by atomic mass is 10.1. The van der Waals surface area contributed by atoms with Gasteiger partial charge in [-0.25, -0.2) is 5.32 Å². The molecular formula is C7H11N2O2. The standard InChI is InChI=1S/C7H11N2O2/c1-3-11-9-6(1)7-5-8-2-4-10-7/h7H,1-5H2. The maximum Gasteiger partial charge on any atom is 0.122 e. The molecule has 0 amide bonds. The van der Waals surface area contributed by atoms with Gasteiger partial charge in [0.15, 0.2) is 0 Å². The zero-order valence-electron chi connectivity index (χ0n) is 6.32. The van der Waals surface area contributed by atoms with Crippen LogP contribution in [0.3, 0.4) is 0 Å². The van der Waals surface area contributed by atoms with Crippen molar-refractivity contribution in [2.75, 3.05) is 26.3 Å². The molecule has 0 aromatic rings. The van der Waals surface area contributed by atoms with E-state index in [1.165, 1.54) is 0 Å². The van der Waals surface area contributed by atoms with Gasteiger partial charge in [0.05, 0.1) is 12.3 Å². The minimum absolute atomic E-state index is 0.103. The van der Waals surface area contributed by atoms with Gasteiger partial charge in [-0.2, -0.15) is 0 Å². The van der Waals surface area contributed by atoms with Crippen molar-refractivity contribution >= 4 is 5.71 Å². The summed E-state index contributed by atoms with van der Waals surface area (Å²) in [4.78, 5) is 4.88. The van der Waals surface area contributed by atoms with E-state index in [2.05, 4.69) is 10.5 Å². The molecule has 0 spiro atoms. The van der Waals surface area contributed by atoms with Gasteiger partial charge in [0.1, 0.15) is 12.7 Å². The Balaban J connectivity index is 1.92. The fourth-order valence-corrected chi connectivity index (χ4v) is 1.27. The second-order valence-corrected chi connectivity index (χ2v) is 2.66. The smallest absolute Gasteiger partial charge is 0.122 e. The molecule has 0 aromatic carbocycles. The van der Waals surface area contributed by atoms with E-state index < -0.39 is 0 Å². The van der Waals surface area contributed by atoms with Crippen LogP contribution in [0, 0.1) is 0 Å². The molecule has 0 N–H and O–H groups in total. The van der Waals surface area contributed by atoms with E-state index in [0.29, 0.717) is 6.61 Å². The Morgan fingerprint density at radius 3 is 3.00 bits per heavy atom. The summed E-state index contributed by atoms with van der Waals surface area (Å²) in [5.74, 6) is 0. The Morgan fingerprint density at radius 1 is 1.36 bits per heavy atom. The van der Waals surface area contributed by atoms with Crippen molar-refractivity contribution in [2.24, 2.45) is 5.16 Å². The molecule has 4 heteroatoms. The highest BCUT2D eigenvalue weighted by molar-refractivity contribution is 5.89. The molecule has 61 valence electrons. The Kier molecular flexibility index (Phi) is 2.05. The molecule has 2 rings (SSSR count). The lowest BCUT2D eigenvalue weighted by molar-refractivity contribution is 0.0679. The Morgan fingerprint density at radius 2 is 2.36 bits per heavy atom. The van der Waals surface area contributed by atoms with E-state index in [1.807, 2.05) is 0 Å². The molecule has 2 aliphatic heterocycles. The molecule has 11 heavy (non-hydrogen) atoms. The molecule has 0 saturated carbocycles. The van der Waals surface area contributed by atoms with Crippen molar-refractivity contribution in [2.45, 2.75) is 12.5 Å². The largest absolute Gasteiger partial charge is 0.395 e. The summed E-state index contributed by atoms with van der Waals surface area (Å²) in [6.45, 7) is 3.01. The van der Waals surface area contributed by atoms with Crippen LogP contribution in [0.5, 0.6) is 0 Å². The van der Waals surface area contributed by atoms with Crippen LogP contribution in [0.15, 0.2) is 5.16 Å². The second-order valence-electron chi connectivity index (χ2n) is 2.66. The summed E-state index contributed by atoms with van der Waals surface area (Å²) < 4.78 is 5.46. The van der Waals surface area contributed by atoms with E-state index in [4.69, 9.17) is 9.57 Å². The first-order valence-corrected chi connectivity index (χ1v) is 3.90. The highest BCUT2D eigenvalue weighted by Gasteiger charge is 2.23. The lowest BCUT2D eigenvalue weighted by Crippen LogP contribution is -2.39. The quantitative estimate of drug-likeness (QED) is 0.525. The number of nitrogens with zero attached hydrogens (tertiary/aromatic N) is 2. The van der Waals surface area contributed by atoms with Gasteiger partial charge in [0.2, 0.25) is 0 Å². The van der Waals surface area contributed by atoms with Crippen molar-refractivity contribution in [1.29, 1.82) is 0 Å². The van der Waals surface area contributed by atoms with Gasteiger partial charge in [-0.05, 0) is 0 Å². The van der Waals surface area contributed by atoms with Crippen molar-refractivity contribution in [3.8, 4) is 0 Å². The molecule has 0 aromatic heterocycles. The number of ether oxygens (including phenoxy) is 1. The monoisotopic (exact) mass is 155 g/mol. The third-order valence-corrected chi connectivity index (χ3v) is 1.87. The highest BCUT2D eigenvalue weighted by atomic mass is 16.6. The van der Waals surface area contributed by atoms with E-state index in [9.17, 15) is 0 Å². The molecule has 1 fully saturated rings. The second kappa shape index (κ2) is 3.19. The van der Waals surface area contributed by atoms with Gasteiger partial charge in [-0.15, -0.1) is 0 Å². The van der Waals surface area contributed by atoms with Crippen LogP contribution in [0.2, 0.25) is 0 Å².